The lowest BCUT2D eigenvalue weighted by Crippen LogP contribution is -2.08. The summed E-state index contributed by atoms with van der Waals surface area (Å²) >= 11 is 3.47. The molecule has 0 aromatic carbocycles. The predicted molar refractivity (Wildman–Crippen MR) is 77.3 cm³/mol. The summed E-state index contributed by atoms with van der Waals surface area (Å²) in [7, 11) is 0. The first-order chi connectivity index (χ1) is 9.19. The van der Waals surface area contributed by atoms with Crippen molar-refractivity contribution in [2.24, 2.45) is 5.73 Å². The molecule has 3 rings (SSSR count). The highest BCUT2D eigenvalue weighted by Gasteiger charge is 2.29. The minimum atomic E-state index is 0.458. The van der Waals surface area contributed by atoms with Crippen LogP contribution in [0.3, 0.4) is 0 Å². The fourth-order valence-corrected chi connectivity index (χ4v) is 3.92. The molecule has 2 heterocycles. The highest BCUT2D eigenvalue weighted by molar-refractivity contribution is 7.98. The largest absolute Gasteiger partial charge is 0.324 e. The van der Waals surface area contributed by atoms with Gasteiger partial charge in [0.15, 0.2) is 5.16 Å². The van der Waals surface area contributed by atoms with Crippen LogP contribution in [-0.4, -0.2) is 19.7 Å². The van der Waals surface area contributed by atoms with Crippen LogP contribution in [0.25, 0.3) is 0 Å². The molecule has 1 aliphatic rings. The molecular formula is C12H17N5S2. The third-order valence-electron chi connectivity index (χ3n) is 3.23. The van der Waals surface area contributed by atoms with E-state index < -0.39 is 0 Å². The molecule has 2 aromatic rings. The van der Waals surface area contributed by atoms with Gasteiger partial charge in [-0.1, -0.05) is 11.8 Å². The van der Waals surface area contributed by atoms with Crippen LogP contribution in [0.15, 0.2) is 5.16 Å². The summed E-state index contributed by atoms with van der Waals surface area (Å²) in [4.78, 5) is 5.85. The Bertz CT molecular complexity index is 565. The number of hydrogen-bond donors (Lipinski definition) is 1. The first-order valence-electron chi connectivity index (χ1n) is 6.38. The molecule has 5 nitrogen and oxygen atoms in total. The summed E-state index contributed by atoms with van der Waals surface area (Å²) < 4.78 is 2.21. The minimum Gasteiger partial charge on any atom is -0.324 e. The molecule has 0 spiro atoms. The molecule has 0 bridgehead atoms. The molecule has 2 aromatic heterocycles. The van der Waals surface area contributed by atoms with E-state index in [0.717, 1.165) is 27.4 Å². The van der Waals surface area contributed by atoms with Gasteiger partial charge in [0, 0.05) is 10.9 Å². The second-order valence-electron chi connectivity index (χ2n) is 4.74. The van der Waals surface area contributed by atoms with Crippen molar-refractivity contribution in [3.05, 3.63) is 21.4 Å². The Morgan fingerprint density at radius 2 is 2.16 bits per heavy atom. The van der Waals surface area contributed by atoms with E-state index in [-0.39, 0.29) is 0 Å². The van der Waals surface area contributed by atoms with Crippen LogP contribution in [0, 0.1) is 13.8 Å². The van der Waals surface area contributed by atoms with Crippen LogP contribution in [-0.2, 0) is 12.3 Å². The van der Waals surface area contributed by atoms with Crippen LogP contribution in [0.1, 0.15) is 40.3 Å². The van der Waals surface area contributed by atoms with Gasteiger partial charge in [-0.2, -0.15) is 0 Å². The summed E-state index contributed by atoms with van der Waals surface area (Å²) in [6, 6.07) is 0.566. The number of hydrogen-bond acceptors (Lipinski definition) is 6. The average Bonchev–Trinajstić information content (AvgIpc) is 3.07. The van der Waals surface area contributed by atoms with Crippen molar-refractivity contribution < 1.29 is 0 Å². The van der Waals surface area contributed by atoms with Crippen LogP contribution in [0.2, 0.25) is 0 Å². The number of aromatic nitrogens is 4. The van der Waals surface area contributed by atoms with Gasteiger partial charge < -0.3 is 10.3 Å². The SMILES string of the molecule is Cc1nc(CSc2nnc(CN)n2C2CC2)sc1C. The predicted octanol–water partition coefficient (Wildman–Crippen LogP) is 2.44. The molecule has 1 aliphatic carbocycles. The number of nitrogens with zero attached hydrogens (tertiary/aromatic N) is 4. The lowest BCUT2D eigenvalue weighted by atomic mass is 10.4. The Hall–Kier alpha value is -0.920. The quantitative estimate of drug-likeness (QED) is 0.858. The second-order valence-corrected chi connectivity index (χ2v) is 6.97. The molecule has 7 heteroatoms. The molecule has 0 amide bonds. The van der Waals surface area contributed by atoms with Crippen molar-refractivity contribution in [2.75, 3.05) is 0 Å². The molecule has 1 fully saturated rings. The lowest BCUT2D eigenvalue weighted by Gasteiger charge is -2.06. The Morgan fingerprint density at radius 1 is 1.37 bits per heavy atom. The molecule has 19 heavy (non-hydrogen) atoms. The zero-order chi connectivity index (χ0) is 13.4. The molecule has 2 N–H and O–H groups in total. The molecule has 0 unspecified atom stereocenters. The van der Waals surface area contributed by atoms with Crippen molar-refractivity contribution >= 4 is 23.1 Å². The Balaban J connectivity index is 1.74. The van der Waals surface area contributed by atoms with Gasteiger partial charge in [-0.15, -0.1) is 21.5 Å². The van der Waals surface area contributed by atoms with Gasteiger partial charge in [-0.05, 0) is 26.7 Å². The number of nitrogens with two attached hydrogens (primary N) is 1. The lowest BCUT2D eigenvalue weighted by molar-refractivity contribution is 0.626. The van der Waals surface area contributed by atoms with Gasteiger partial charge in [-0.25, -0.2) is 4.98 Å². The highest BCUT2D eigenvalue weighted by atomic mass is 32.2. The van der Waals surface area contributed by atoms with Crippen molar-refractivity contribution in [2.45, 2.75) is 50.2 Å². The number of aryl methyl sites for hydroxylation is 2. The summed E-state index contributed by atoms with van der Waals surface area (Å²) in [5.74, 6) is 1.76. The van der Waals surface area contributed by atoms with Crippen molar-refractivity contribution in [1.82, 2.24) is 19.7 Å². The van der Waals surface area contributed by atoms with Gasteiger partial charge in [-0.3, -0.25) is 0 Å². The Kier molecular flexibility index (Phi) is 3.60. The van der Waals surface area contributed by atoms with Crippen molar-refractivity contribution in [3.8, 4) is 0 Å². The molecule has 0 atom stereocenters. The van der Waals surface area contributed by atoms with E-state index >= 15 is 0 Å². The van der Waals surface area contributed by atoms with Gasteiger partial charge in [0.05, 0.1) is 18.0 Å². The van der Waals surface area contributed by atoms with Gasteiger partial charge >= 0.3 is 0 Å². The maximum absolute atomic E-state index is 5.72. The fraction of sp³-hybridized carbons (Fsp3) is 0.583. The fourth-order valence-electron chi connectivity index (χ4n) is 1.97. The summed E-state index contributed by atoms with van der Waals surface area (Å²) in [6.45, 7) is 4.62. The third-order valence-corrected chi connectivity index (χ3v) is 5.44. The minimum absolute atomic E-state index is 0.458. The maximum Gasteiger partial charge on any atom is 0.191 e. The number of rotatable bonds is 5. The topological polar surface area (TPSA) is 69.6 Å². The van der Waals surface area contributed by atoms with Gasteiger partial charge in [0.2, 0.25) is 0 Å². The average molecular weight is 295 g/mol. The first kappa shape index (κ1) is 13.1. The zero-order valence-electron chi connectivity index (χ0n) is 11.1. The van der Waals surface area contributed by atoms with E-state index in [1.165, 1.54) is 17.7 Å². The van der Waals surface area contributed by atoms with E-state index in [0.29, 0.717) is 12.6 Å². The molecular weight excluding hydrogens is 278 g/mol. The number of thioether (sulfide) groups is 1. The normalized spacial score (nSPS) is 15.1. The molecule has 102 valence electrons. The van der Waals surface area contributed by atoms with Crippen molar-refractivity contribution in [1.29, 1.82) is 0 Å². The Morgan fingerprint density at radius 3 is 2.74 bits per heavy atom. The van der Waals surface area contributed by atoms with Crippen LogP contribution in [0.4, 0.5) is 0 Å². The van der Waals surface area contributed by atoms with E-state index in [2.05, 4.69) is 33.6 Å². The van der Waals surface area contributed by atoms with E-state index in [1.807, 2.05) is 0 Å². The second kappa shape index (κ2) is 5.22. The van der Waals surface area contributed by atoms with Crippen LogP contribution < -0.4 is 5.73 Å². The van der Waals surface area contributed by atoms with E-state index in [1.54, 1.807) is 23.1 Å². The summed E-state index contributed by atoms with van der Waals surface area (Å²) in [5, 5.41) is 10.6. The maximum atomic E-state index is 5.72. The van der Waals surface area contributed by atoms with E-state index in [4.69, 9.17) is 5.73 Å². The summed E-state index contributed by atoms with van der Waals surface area (Å²) in [6.07, 6.45) is 2.43. The number of thiazole rings is 1. The molecule has 0 saturated heterocycles. The van der Waals surface area contributed by atoms with Gasteiger partial charge in [0.25, 0.3) is 0 Å². The van der Waals surface area contributed by atoms with Crippen LogP contribution >= 0.6 is 23.1 Å². The highest BCUT2D eigenvalue weighted by Crippen LogP contribution is 2.39. The smallest absolute Gasteiger partial charge is 0.191 e. The van der Waals surface area contributed by atoms with Crippen molar-refractivity contribution in [3.63, 3.8) is 0 Å². The third kappa shape index (κ3) is 2.68. The Labute approximate surface area is 120 Å². The zero-order valence-corrected chi connectivity index (χ0v) is 12.7. The van der Waals surface area contributed by atoms with Crippen LogP contribution in [0.5, 0.6) is 0 Å². The van der Waals surface area contributed by atoms with E-state index in [9.17, 15) is 0 Å². The van der Waals surface area contributed by atoms with Gasteiger partial charge in [0.1, 0.15) is 10.8 Å². The first-order valence-corrected chi connectivity index (χ1v) is 8.18. The summed E-state index contributed by atoms with van der Waals surface area (Å²) in [5.41, 5.74) is 6.85. The molecule has 0 radical (unpaired) electrons. The molecule has 1 saturated carbocycles. The standard InChI is InChI=1S/C12H17N5S2/c1-7-8(2)19-11(14-7)6-18-12-16-15-10(5-13)17(12)9-3-4-9/h9H,3-6,13H2,1-2H3. The molecule has 0 aliphatic heterocycles. The monoisotopic (exact) mass is 295 g/mol.